The van der Waals surface area contributed by atoms with Crippen molar-refractivity contribution < 1.29 is 33.4 Å². The highest BCUT2D eigenvalue weighted by Gasteiger charge is 2.39. The summed E-state index contributed by atoms with van der Waals surface area (Å²) in [7, 11) is 1.29. The van der Waals surface area contributed by atoms with Crippen molar-refractivity contribution in [1.29, 1.82) is 0 Å². The molecule has 0 spiro atoms. The Labute approximate surface area is 304 Å². The molecule has 0 aromatic heterocycles. The average molecular weight is 717 g/mol. The fourth-order valence-electron chi connectivity index (χ4n) is 5.78. The number of carbonyl (C=O) groups excluding carboxylic acids is 5. The number of esters is 1. The Morgan fingerprint density at radius 3 is 2.12 bits per heavy atom. The number of alkyl carbamates (subject to hydrolysis) is 1. The molecule has 51 heavy (non-hydrogen) atoms. The SMILES string of the molecule is COC(=O)c1ccc(C(=O)Nc2ccc(CC(NC(=O)[C@@H](NC(=O)OC(C)(C)C)C(C)(C)SC)C(=O)NC3CCCc4ccccc43)cc2)cc1. The first-order valence-electron chi connectivity index (χ1n) is 16.9. The molecule has 4 amide bonds. The lowest BCUT2D eigenvalue weighted by Crippen LogP contribution is -2.60. The second-order valence-electron chi connectivity index (χ2n) is 14.0. The van der Waals surface area contributed by atoms with Gasteiger partial charge in [0.15, 0.2) is 0 Å². The van der Waals surface area contributed by atoms with Crippen LogP contribution in [0.1, 0.15) is 90.9 Å². The molecule has 0 bridgehead atoms. The molecule has 3 aromatic carbocycles. The summed E-state index contributed by atoms with van der Waals surface area (Å²) in [5.41, 5.74) is 3.44. The molecule has 2 unspecified atom stereocenters. The van der Waals surface area contributed by atoms with Crippen molar-refractivity contribution in [2.45, 2.75) is 88.8 Å². The van der Waals surface area contributed by atoms with Gasteiger partial charge in [0.2, 0.25) is 11.8 Å². The number of ether oxygens (including phenoxy) is 2. The summed E-state index contributed by atoms with van der Waals surface area (Å²) >= 11 is 1.40. The molecule has 0 saturated heterocycles. The van der Waals surface area contributed by atoms with E-state index in [2.05, 4.69) is 27.3 Å². The minimum absolute atomic E-state index is 0.147. The van der Waals surface area contributed by atoms with Crippen molar-refractivity contribution in [3.8, 4) is 0 Å². The van der Waals surface area contributed by atoms with Crippen LogP contribution in [0.25, 0.3) is 0 Å². The molecule has 272 valence electrons. The van der Waals surface area contributed by atoms with E-state index in [1.165, 1.54) is 48.7 Å². The molecule has 3 aromatic rings. The van der Waals surface area contributed by atoms with E-state index in [4.69, 9.17) is 9.47 Å². The van der Waals surface area contributed by atoms with E-state index in [1.807, 2.05) is 38.3 Å². The topological polar surface area (TPSA) is 152 Å². The Morgan fingerprint density at radius 2 is 1.49 bits per heavy atom. The second-order valence-corrected chi connectivity index (χ2v) is 15.5. The van der Waals surface area contributed by atoms with Gasteiger partial charge in [0.25, 0.3) is 5.91 Å². The van der Waals surface area contributed by atoms with Gasteiger partial charge >= 0.3 is 12.1 Å². The number of rotatable bonds is 12. The summed E-state index contributed by atoms with van der Waals surface area (Å²) in [6, 6.07) is 18.9. The predicted molar refractivity (Wildman–Crippen MR) is 199 cm³/mol. The van der Waals surface area contributed by atoms with Crippen LogP contribution >= 0.6 is 11.8 Å². The lowest BCUT2D eigenvalue weighted by Gasteiger charge is -2.34. The van der Waals surface area contributed by atoms with E-state index in [-0.39, 0.29) is 24.3 Å². The largest absolute Gasteiger partial charge is 0.465 e. The molecule has 12 heteroatoms. The van der Waals surface area contributed by atoms with Crippen molar-refractivity contribution in [1.82, 2.24) is 16.0 Å². The number of benzene rings is 3. The van der Waals surface area contributed by atoms with Crippen molar-refractivity contribution >= 4 is 47.2 Å². The first-order chi connectivity index (χ1) is 24.1. The molecular formula is C39H48N4O7S. The van der Waals surface area contributed by atoms with Crippen LogP contribution in [0.3, 0.4) is 0 Å². The summed E-state index contributed by atoms with van der Waals surface area (Å²) in [5, 5.41) is 11.7. The van der Waals surface area contributed by atoms with E-state index in [0.29, 0.717) is 16.8 Å². The van der Waals surface area contributed by atoms with E-state index < -0.39 is 40.4 Å². The van der Waals surface area contributed by atoms with Gasteiger partial charge in [0.05, 0.1) is 18.7 Å². The van der Waals surface area contributed by atoms with E-state index in [1.54, 1.807) is 45.0 Å². The zero-order chi connectivity index (χ0) is 37.3. The maximum atomic E-state index is 14.0. The lowest BCUT2D eigenvalue weighted by molar-refractivity contribution is -0.130. The Hall–Kier alpha value is -4.84. The molecule has 0 fully saturated rings. The molecule has 4 N–H and O–H groups in total. The van der Waals surface area contributed by atoms with Gasteiger partial charge in [-0.2, -0.15) is 11.8 Å². The normalized spacial score (nSPS) is 15.3. The fourth-order valence-corrected chi connectivity index (χ4v) is 6.18. The highest BCUT2D eigenvalue weighted by atomic mass is 32.2. The maximum Gasteiger partial charge on any atom is 0.408 e. The molecule has 0 heterocycles. The summed E-state index contributed by atoms with van der Waals surface area (Å²) in [5.74, 6) is -1.73. The number of nitrogens with one attached hydrogen (secondary N) is 4. The van der Waals surface area contributed by atoms with Gasteiger partial charge in [-0.3, -0.25) is 14.4 Å². The van der Waals surface area contributed by atoms with Crippen LogP contribution < -0.4 is 21.3 Å². The van der Waals surface area contributed by atoms with Gasteiger partial charge in [0.1, 0.15) is 17.7 Å². The Bertz CT molecular complexity index is 1720. The number of anilines is 1. The van der Waals surface area contributed by atoms with Gasteiger partial charge in [0, 0.05) is 22.4 Å². The Kier molecular flexibility index (Phi) is 12.9. The quantitative estimate of drug-likeness (QED) is 0.167. The van der Waals surface area contributed by atoms with Gasteiger partial charge in [-0.25, -0.2) is 9.59 Å². The van der Waals surface area contributed by atoms with Crippen LogP contribution in [0.2, 0.25) is 0 Å². The monoisotopic (exact) mass is 716 g/mol. The van der Waals surface area contributed by atoms with E-state index in [9.17, 15) is 24.0 Å². The van der Waals surface area contributed by atoms with Crippen molar-refractivity contribution in [2.24, 2.45) is 0 Å². The van der Waals surface area contributed by atoms with Gasteiger partial charge in [-0.1, -0.05) is 36.4 Å². The third-order valence-electron chi connectivity index (χ3n) is 8.68. The number of fused-ring (bicyclic) bond motifs is 1. The minimum atomic E-state index is -1.02. The molecule has 11 nitrogen and oxygen atoms in total. The van der Waals surface area contributed by atoms with Crippen molar-refractivity contribution in [3.05, 3.63) is 101 Å². The van der Waals surface area contributed by atoms with Crippen molar-refractivity contribution in [2.75, 3.05) is 18.7 Å². The first-order valence-corrected chi connectivity index (χ1v) is 18.1. The summed E-state index contributed by atoms with van der Waals surface area (Å²) in [6.07, 6.45) is 3.89. The number of carbonyl (C=O) groups is 5. The zero-order valence-corrected chi connectivity index (χ0v) is 31.1. The standard InChI is InChI=1S/C39H48N4O7S/c1-38(2,3)50-37(48)43-32(39(4,5)51-7)35(46)42-31(34(45)41-30-14-10-12-25-11-8-9-13-29(25)30)23-24-15-21-28(22-16-24)40-33(44)26-17-19-27(20-18-26)36(47)49-6/h8-9,11,13,15-22,30-32H,10,12,14,23H2,1-7H3,(H,40,44)(H,41,45)(H,42,46)(H,43,48)/t30?,31?,32-/m1/s1. The number of amides is 4. The predicted octanol–water partition coefficient (Wildman–Crippen LogP) is 5.98. The number of methoxy groups -OCH3 is 1. The highest BCUT2D eigenvalue weighted by molar-refractivity contribution is 8.00. The molecule has 3 atom stereocenters. The fraction of sp³-hybridized carbons (Fsp3) is 0.410. The minimum Gasteiger partial charge on any atom is -0.465 e. The Morgan fingerprint density at radius 1 is 0.843 bits per heavy atom. The molecule has 0 saturated carbocycles. The van der Waals surface area contributed by atoms with Crippen molar-refractivity contribution in [3.63, 3.8) is 0 Å². The number of hydrogen-bond donors (Lipinski definition) is 4. The number of thioether (sulfide) groups is 1. The summed E-state index contributed by atoms with van der Waals surface area (Å²) < 4.78 is 9.42. The molecule has 4 rings (SSSR count). The van der Waals surface area contributed by atoms with Gasteiger partial charge < -0.3 is 30.7 Å². The summed E-state index contributed by atoms with van der Waals surface area (Å²) in [6.45, 7) is 8.91. The molecule has 1 aliphatic rings. The van der Waals surface area contributed by atoms with Crippen LogP contribution in [0.5, 0.6) is 0 Å². The second kappa shape index (κ2) is 16.9. The zero-order valence-electron chi connectivity index (χ0n) is 30.3. The van der Waals surface area contributed by atoms with Crippen LogP contribution in [-0.4, -0.2) is 65.6 Å². The number of hydrogen-bond acceptors (Lipinski definition) is 8. The molecule has 1 aliphatic carbocycles. The van der Waals surface area contributed by atoms with Crippen LogP contribution in [0.4, 0.5) is 10.5 Å². The third-order valence-corrected chi connectivity index (χ3v) is 9.97. The van der Waals surface area contributed by atoms with E-state index in [0.717, 1.165) is 30.4 Å². The third kappa shape index (κ3) is 10.8. The van der Waals surface area contributed by atoms with Crippen LogP contribution in [0.15, 0.2) is 72.8 Å². The molecule has 0 aliphatic heterocycles. The molecule has 0 radical (unpaired) electrons. The molecular weight excluding hydrogens is 669 g/mol. The smallest absolute Gasteiger partial charge is 0.408 e. The van der Waals surface area contributed by atoms with Crippen LogP contribution in [0, 0.1) is 0 Å². The maximum absolute atomic E-state index is 14.0. The number of aryl methyl sites for hydroxylation is 1. The van der Waals surface area contributed by atoms with Gasteiger partial charge in [-0.15, -0.1) is 0 Å². The summed E-state index contributed by atoms with van der Waals surface area (Å²) in [4.78, 5) is 65.4. The average Bonchev–Trinajstić information content (AvgIpc) is 3.10. The van der Waals surface area contributed by atoms with Crippen LogP contribution in [-0.2, 0) is 31.9 Å². The Balaban J connectivity index is 1.54. The van der Waals surface area contributed by atoms with E-state index >= 15 is 0 Å². The lowest BCUT2D eigenvalue weighted by atomic mass is 9.87. The highest BCUT2D eigenvalue weighted by Crippen LogP contribution is 2.30. The van der Waals surface area contributed by atoms with Gasteiger partial charge in [-0.05, 0) is 113 Å². The first kappa shape index (κ1) is 39.0.